The van der Waals surface area contributed by atoms with Crippen molar-refractivity contribution in [3.63, 3.8) is 0 Å². The minimum Gasteiger partial charge on any atom is -0.361 e. The molecule has 2 aromatic rings. The van der Waals surface area contributed by atoms with Crippen LogP contribution in [0.2, 0.25) is 0 Å². The van der Waals surface area contributed by atoms with Crippen molar-refractivity contribution in [1.82, 2.24) is 26.0 Å². The van der Waals surface area contributed by atoms with Crippen LogP contribution in [0.25, 0.3) is 10.9 Å². The molecule has 1 amide bonds. The average Bonchev–Trinajstić information content (AvgIpc) is 3.17. The van der Waals surface area contributed by atoms with E-state index in [1.165, 1.54) is 5.06 Å². The van der Waals surface area contributed by atoms with Crippen LogP contribution in [-0.4, -0.2) is 73.5 Å². The predicted octanol–water partition coefficient (Wildman–Crippen LogP) is 1.61. The number of H-pyrrole nitrogens is 1. The van der Waals surface area contributed by atoms with Gasteiger partial charge >= 0.3 is 0 Å². The Labute approximate surface area is 185 Å². The van der Waals surface area contributed by atoms with E-state index in [4.69, 9.17) is 5.73 Å². The monoisotopic (exact) mass is 432 g/mol. The van der Waals surface area contributed by atoms with Crippen molar-refractivity contribution < 1.29 is 10.0 Å². The zero-order valence-corrected chi connectivity index (χ0v) is 18.7. The van der Waals surface area contributed by atoms with E-state index < -0.39 is 0 Å². The third-order valence-corrected chi connectivity index (χ3v) is 5.23. The van der Waals surface area contributed by atoms with Gasteiger partial charge in [-0.25, -0.2) is 0 Å². The first-order chi connectivity index (χ1) is 15.2. The summed E-state index contributed by atoms with van der Waals surface area (Å²) in [5.41, 5.74) is 7.52. The second kappa shape index (κ2) is 15.8. The summed E-state index contributed by atoms with van der Waals surface area (Å²) in [7, 11) is 0. The zero-order valence-electron chi connectivity index (χ0n) is 18.7. The molecule has 0 unspecified atom stereocenters. The van der Waals surface area contributed by atoms with E-state index in [-0.39, 0.29) is 5.91 Å². The van der Waals surface area contributed by atoms with Crippen molar-refractivity contribution in [3.8, 4) is 0 Å². The fourth-order valence-electron chi connectivity index (χ4n) is 3.47. The van der Waals surface area contributed by atoms with Crippen LogP contribution in [0.15, 0.2) is 30.5 Å². The lowest BCUT2D eigenvalue weighted by molar-refractivity contribution is -0.120. The van der Waals surface area contributed by atoms with E-state index in [1.54, 1.807) is 0 Å². The van der Waals surface area contributed by atoms with E-state index in [2.05, 4.69) is 20.9 Å². The van der Waals surface area contributed by atoms with Gasteiger partial charge in [-0.3, -0.25) is 4.79 Å². The average molecular weight is 433 g/mol. The van der Waals surface area contributed by atoms with Gasteiger partial charge in [-0.2, -0.15) is 5.06 Å². The molecule has 2 rings (SSSR count). The Bertz CT molecular complexity index is 736. The lowest BCUT2D eigenvalue weighted by Gasteiger charge is -2.15. The van der Waals surface area contributed by atoms with E-state index in [9.17, 15) is 10.0 Å². The predicted molar refractivity (Wildman–Crippen MR) is 126 cm³/mol. The van der Waals surface area contributed by atoms with Crippen LogP contribution >= 0.6 is 0 Å². The smallest absolute Gasteiger partial charge is 0.224 e. The largest absolute Gasteiger partial charge is 0.361 e. The summed E-state index contributed by atoms with van der Waals surface area (Å²) in [6, 6.07) is 8.01. The number of benzene rings is 1. The number of para-hydroxylation sites is 1. The van der Waals surface area contributed by atoms with Gasteiger partial charge in [-0.15, -0.1) is 0 Å². The normalized spacial score (nSPS) is 11.5. The summed E-state index contributed by atoms with van der Waals surface area (Å²) in [6.07, 6.45) is 7.03. The molecule has 0 bridgehead atoms. The lowest BCUT2D eigenvalue weighted by atomic mass is 10.1. The molecule has 0 aliphatic rings. The molecular formula is C23H40N6O2. The third-order valence-electron chi connectivity index (χ3n) is 5.23. The Hall–Kier alpha value is -1.97. The number of aromatic nitrogens is 1. The number of carbonyl (C=O) groups is 1. The molecule has 8 nitrogen and oxygen atoms in total. The van der Waals surface area contributed by atoms with Crippen molar-refractivity contribution in [2.75, 3.05) is 52.4 Å². The third kappa shape index (κ3) is 10.8. The summed E-state index contributed by atoms with van der Waals surface area (Å²) in [4.78, 5) is 15.4. The van der Waals surface area contributed by atoms with Crippen molar-refractivity contribution in [2.45, 2.75) is 38.5 Å². The van der Waals surface area contributed by atoms with Crippen LogP contribution in [0.3, 0.4) is 0 Å². The van der Waals surface area contributed by atoms with Crippen LogP contribution in [0.5, 0.6) is 0 Å². The van der Waals surface area contributed by atoms with Crippen molar-refractivity contribution in [1.29, 1.82) is 0 Å². The Morgan fingerprint density at radius 3 is 2.45 bits per heavy atom. The van der Waals surface area contributed by atoms with Crippen molar-refractivity contribution in [2.24, 2.45) is 5.73 Å². The van der Waals surface area contributed by atoms with Gasteiger partial charge in [-0.1, -0.05) is 18.2 Å². The van der Waals surface area contributed by atoms with Gasteiger partial charge in [0.25, 0.3) is 0 Å². The van der Waals surface area contributed by atoms with E-state index >= 15 is 0 Å². The Balaban J connectivity index is 1.41. The molecule has 7 N–H and O–H groups in total. The molecule has 1 aromatic heterocycles. The number of unbranched alkanes of at least 4 members (excludes halogenated alkanes) is 1. The van der Waals surface area contributed by atoms with Gasteiger partial charge in [0.05, 0.1) is 6.42 Å². The van der Waals surface area contributed by atoms with Crippen LogP contribution in [0, 0.1) is 0 Å². The zero-order chi connectivity index (χ0) is 22.2. The van der Waals surface area contributed by atoms with Crippen LogP contribution in [0.4, 0.5) is 0 Å². The number of rotatable bonds is 18. The Morgan fingerprint density at radius 2 is 1.65 bits per heavy atom. The second-order valence-electron chi connectivity index (χ2n) is 7.90. The van der Waals surface area contributed by atoms with Gasteiger partial charge in [-0.05, 0) is 76.5 Å². The first-order valence-corrected chi connectivity index (χ1v) is 11.6. The number of nitrogens with zero attached hydrogens (tertiary/aromatic N) is 1. The maximum absolute atomic E-state index is 12.2. The molecule has 0 atom stereocenters. The summed E-state index contributed by atoms with van der Waals surface area (Å²) in [6.45, 7) is 6.56. The summed E-state index contributed by atoms with van der Waals surface area (Å²) in [5.74, 6) is 0.0336. The van der Waals surface area contributed by atoms with E-state index in [0.29, 0.717) is 26.1 Å². The van der Waals surface area contributed by atoms with Crippen LogP contribution < -0.4 is 21.7 Å². The highest BCUT2D eigenvalue weighted by molar-refractivity contribution is 5.88. The highest BCUT2D eigenvalue weighted by atomic mass is 16.5. The highest BCUT2D eigenvalue weighted by Crippen LogP contribution is 2.17. The molecule has 0 saturated carbocycles. The maximum atomic E-state index is 12.2. The number of carbonyl (C=O) groups excluding carboxylic acids is 1. The number of aromatic amines is 1. The number of amides is 1. The first-order valence-electron chi connectivity index (χ1n) is 11.6. The fourth-order valence-corrected chi connectivity index (χ4v) is 3.47. The maximum Gasteiger partial charge on any atom is 0.224 e. The molecule has 8 heteroatoms. The molecule has 174 valence electrons. The molecule has 1 aromatic carbocycles. The number of hydrogen-bond donors (Lipinski definition) is 6. The summed E-state index contributed by atoms with van der Waals surface area (Å²) < 4.78 is 0. The fraction of sp³-hybridized carbons (Fsp3) is 0.609. The second-order valence-corrected chi connectivity index (χ2v) is 7.90. The summed E-state index contributed by atoms with van der Waals surface area (Å²) >= 11 is 0. The summed E-state index contributed by atoms with van der Waals surface area (Å²) in [5, 5.41) is 22.2. The molecule has 0 spiro atoms. The van der Waals surface area contributed by atoms with Gasteiger partial charge in [0.1, 0.15) is 0 Å². The van der Waals surface area contributed by atoms with Gasteiger partial charge in [0, 0.05) is 36.7 Å². The van der Waals surface area contributed by atoms with Crippen molar-refractivity contribution in [3.05, 3.63) is 36.0 Å². The minimum atomic E-state index is 0.0336. The highest BCUT2D eigenvalue weighted by Gasteiger charge is 2.08. The number of nitrogens with one attached hydrogen (secondary N) is 4. The first kappa shape index (κ1) is 25.3. The standard InChI is InChI=1S/C23H40N6O2/c24-10-5-11-25-12-6-13-26-14-7-17-29(31)16-4-3-15-27-23(30)18-20-19-28-22-9-2-1-8-21(20)22/h1-2,8-9,19,25-26,28,31H,3-7,10-18,24H2,(H,27,30). The Morgan fingerprint density at radius 1 is 0.935 bits per heavy atom. The quantitative estimate of drug-likeness (QED) is 0.157. The lowest BCUT2D eigenvalue weighted by Crippen LogP contribution is -2.29. The molecule has 0 radical (unpaired) electrons. The van der Waals surface area contributed by atoms with E-state index in [0.717, 1.165) is 81.3 Å². The number of hydroxylamine groups is 2. The van der Waals surface area contributed by atoms with Crippen LogP contribution in [0.1, 0.15) is 37.7 Å². The molecule has 0 aliphatic carbocycles. The molecule has 0 fully saturated rings. The van der Waals surface area contributed by atoms with E-state index in [1.807, 2.05) is 30.5 Å². The van der Waals surface area contributed by atoms with Crippen LogP contribution in [-0.2, 0) is 11.2 Å². The molecule has 31 heavy (non-hydrogen) atoms. The van der Waals surface area contributed by atoms with Crippen molar-refractivity contribution >= 4 is 16.8 Å². The minimum absolute atomic E-state index is 0.0336. The van der Waals surface area contributed by atoms with Gasteiger partial charge in [0.2, 0.25) is 5.91 Å². The van der Waals surface area contributed by atoms with Gasteiger partial charge < -0.3 is 31.9 Å². The molecule has 0 saturated heterocycles. The number of fused-ring (bicyclic) bond motifs is 1. The number of nitrogens with two attached hydrogens (primary N) is 1. The molecular weight excluding hydrogens is 392 g/mol. The Kier molecular flexibility index (Phi) is 12.9. The topological polar surface area (TPSA) is 118 Å². The number of hydrogen-bond acceptors (Lipinski definition) is 6. The van der Waals surface area contributed by atoms with Gasteiger partial charge in [0.15, 0.2) is 0 Å². The molecule has 1 heterocycles. The molecule has 0 aliphatic heterocycles. The SMILES string of the molecule is NCCCNCCCNCCCN(O)CCCCNC(=O)Cc1c[nH]c2ccccc12.